The molecule has 0 saturated carbocycles. The van der Waals surface area contributed by atoms with Crippen molar-refractivity contribution in [1.82, 2.24) is 10.2 Å². The molecule has 1 amide bonds. The summed E-state index contributed by atoms with van der Waals surface area (Å²) >= 11 is 0. The Labute approximate surface area is 102 Å². The van der Waals surface area contributed by atoms with Crippen molar-refractivity contribution in [2.75, 3.05) is 32.8 Å². The number of likely N-dealkylation sites (tertiary alicyclic amines) is 1. The smallest absolute Gasteiger partial charge is 0.410 e. The van der Waals surface area contributed by atoms with Gasteiger partial charge in [0.15, 0.2) is 0 Å². The zero-order valence-corrected chi connectivity index (χ0v) is 10.8. The molecular weight excluding hydrogens is 220 g/mol. The van der Waals surface area contributed by atoms with Crippen LogP contribution < -0.4 is 5.32 Å². The summed E-state index contributed by atoms with van der Waals surface area (Å²) in [6.45, 7) is 8.66. The van der Waals surface area contributed by atoms with Gasteiger partial charge in [-0.3, -0.25) is 0 Å². The van der Waals surface area contributed by atoms with E-state index >= 15 is 0 Å². The average Bonchev–Trinajstić information content (AvgIpc) is 2.70. The van der Waals surface area contributed by atoms with E-state index in [1.165, 1.54) is 0 Å². The Morgan fingerprint density at radius 1 is 1.59 bits per heavy atom. The van der Waals surface area contributed by atoms with E-state index in [9.17, 15) is 9.90 Å². The number of hydrogen-bond acceptors (Lipinski definition) is 4. The van der Waals surface area contributed by atoms with Gasteiger partial charge in [0.1, 0.15) is 5.60 Å². The summed E-state index contributed by atoms with van der Waals surface area (Å²) in [6, 6.07) is 0. The van der Waals surface area contributed by atoms with Crippen molar-refractivity contribution in [2.45, 2.75) is 26.4 Å². The van der Waals surface area contributed by atoms with Gasteiger partial charge in [0.05, 0.1) is 6.61 Å². The Morgan fingerprint density at radius 2 is 2.29 bits per heavy atom. The van der Waals surface area contributed by atoms with E-state index in [-0.39, 0.29) is 18.1 Å². The normalized spacial score (nSPS) is 32.7. The van der Waals surface area contributed by atoms with E-state index in [1.54, 1.807) is 4.90 Å². The van der Waals surface area contributed by atoms with Crippen molar-refractivity contribution in [3.05, 3.63) is 0 Å². The highest BCUT2D eigenvalue weighted by molar-refractivity contribution is 5.68. The lowest BCUT2D eigenvalue weighted by Gasteiger charge is -2.27. The minimum absolute atomic E-state index is 0.129. The third-order valence-corrected chi connectivity index (χ3v) is 3.65. The van der Waals surface area contributed by atoms with Gasteiger partial charge < -0.3 is 20.1 Å². The van der Waals surface area contributed by atoms with Crippen LogP contribution in [0.4, 0.5) is 4.79 Å². The summed E-state index contributed by atoms with van der Waals surface area (Å²) in [4.78, 5) is 13.7. The lowest BCUT2D eigenvalue weighted by atomic mass is 9.82. The number of carbonyl (C=O) groups excluding carboxylic acids is 1. The molecule has 0 radical (unpaired) electrons. The van der Waals surface area contributed by atoms with Gasteiger partial charge in [-0.1, -0.05) is 0 Å². The molecular formula is C12H22N2O3. The molecule has 2 aliphatic rings. The van der Waals surface area contributed by atoms with E-state index in [4.69, 9.17) is 4.74 Å². The van der Waals surface area contributed by atoms with Gasteiger partial charge in [0.2, 0.25) is 0 Å². The fourth-order valence-electron chi connectivity index (χ4n) is 2.71. The first-order valence-electron chi connectivity index (χ1n) is 6.16. The maximum Gasteiger partial charge on any atom is 0.410 e. The van der Waals surface area contributed by atoms with Gasteiger partial charge in [-0.25, -0.2) is 4.79 Å². The Hall–Kier alpha value is -0.810. The first kappa shape index (κ1) is 12.6. The molecule has 2 rings (SSSR count). The first-order chi connectivity index (χ1) is 7.86. The second kappa shape index (κ2) is 4.14. The molecule has 2 saturated heterocycles. The number of hydrogen-bond donors (Lipinski definition) is 2. The highest BCUT2D eigenvalue weighted by Crippen LogP contribution is 2.38. The molecule has 2 fully saturated rings. The fraction of sp³-hybridized carbons (Fsp3) is 0.917. The van der Waals surface area contributed by atoms with Crippen molar-refractivity contribution < 1.29 is 14.6 Å². The maximum absolute atomic E-state index is 12.0. The highest BCUT2D eigenvalue weighted by atomic mass is 16.6. The molecule has 0 bridgehead atoms. The highest BCUT2D eigenvalue weighted by Gasteiger charge is 2.51. The Morgan fingerprint density at radius 3 is 2.82 bits per heavy atom. The van der Waals surface area contributed by atoms with Crippen LogP contribution in [0.15, 0.2) is 0 Å². The molecule has 98 valence electrons. The molecule has 0 unspecified atom stereocenters. The van der Waals surface area contributed by atoms with E-state index in [0.717, 1.165) is 13.1 Å². The van der Waals surface area contributed by atoms with Gasteiger partial charge in [0, 0.05) is 31.6 Å². The molecule has 0 aromatic carbocycles. The molecule has 0 aromatic heterocycles. The van der Waals surface area contributed by atoms with Crippen LogP contribution in [0.25, 0.3) is 0 Å². The number of ether oxygens (including phenoxy) is 1. The summed E-state index contributed by atoms with van der Waals surface area (Å²) in [7, 11) is 0. The summed E-state index contributed by atoms with van der Waals surface area (Å²) < 4.78 is 5.36. The number of nitrogens with one attached hydrogen (secondary N) is 1. The predicted octanol–water partition coefficient (Wildman–Crippen LogP) is 0.435. The molecule has 5 heteroatoms. The van der Waals surface area contributed by atoms with Crippen LogP contribution in [-0.4, -0.2) is 54.5 Å². The molecule has 0 aliphatic carbocycles. The number of aliphatic hydroxyl groups excluding tert-OH is 1. The van der Waals surface area contributed by atoms with Crippen LogP contribution in [0.1, 0.15) is 20.8 Å². The van der Waals surface area contributed by atoms with E-state index < -0.39 is 5.60 Å². The van der Waals surface area contributed by atoms with Crippen LogP contribution in [0.2, 0.25) is 0 Å². The first-order valence-corrected chi connectivity index (χ1v) is 6.16. The molecule has 2 aliphatic heterocycles. The average molecular weight is 242 g/mol. The van der Waals surface area contributed by atoms with Gasteiger partial charge >= 0.3 is 6.09 Å². The Balaban J connectivity index is 2.00. The monoisotopic (exact) mass is 242 g/mol. The molecule has 2 N–H and O–H groups in total. The Bertz CT molecular complexity index is 313. The summed E-state index contributed by atoms with van der Waals surface area (Å²) in [6.07, 6.45) is -0.264. The number of fused-ring (bicyclic) bond motifs is 1. The minimum atomic E-state index is -0.459. The molecule has 0 aromatic rings. The van der Waals surface area contributed by atoms with Crippen molar-refractivity contribution >= 4 is 6.09 Å². The van der Waals surface area contributed by atoms with Crippen LogP contribution in [-0.2, 0) is 4.74 Å². The lowest BCUT2D eigenvalue weighted by Crippen LogP contribution is -2.40. The zero-order chi connectivity index (χ0) is 12.7. The van der Waals surface area contributed by atoms with Gasteiger partial charge in [0.25, 0.3) is 0 Å². The number of amides is 1. The molecule has 5 nitrogen and oxygen atoms in total. The summed E-state index contributed by atoms with van der Waals surface area (Å²) in [5, 5.41) is 12.8. The van der Waals surface area contributed by atoms with Crippen LogP contribution in [0.5, 0.6) is 0 Å². The summed E-state index contributed by atoms with van der Waals surface area (Å²) in [5.41, 5.74) is -0.615. The quantitative estimate of drug-likeness (QED) is 0.700. The maximum atomic E-state index is 12.0. The molecule has 0 spiro atoms. The van der Waals surface area contributed by atoms with Crippen molar-refractivity contribution in [2.24, 2.45) is 11.3 Å². The number of aliphatic hydroxyl groups is 1. The van der Waals surface area contributed by atoms with Gasteiger partial charge in [-0.15, -0.1) is 0 Å². The van der Waals surface area contributed by atoms with Crippen LogP contribution in [0.3, 0.4) is 0 Å². The molecule has 2 heterocycles. The number of carbonyl (C=O) groups is 1. The lowest BCUT2D eigenvalue weighted by molar-refractivity contribution is 0.0256. The molecule has 17 heavy (non-hydrogen) atoms. The van der Waals surface area contributed by atoms with E-state index in [1.807, 2.05) is 20.8 Å². The second-order valence-electron chi connectivity index (χ2n) is 6.21. The fourth-order valence-corrected chi connectivity index (χ4v) is 2.71. The van der Waals surface area contributed by atoms with E-state index in [0.29, 0.717) is 19.0 Å². The van der Waals surface area contributed by atoms with Crippen LogP contribution in [0, 0.1) is 11.3 Å². The second-order valence-corrected chi connectivity index (χ2v) is 6.21. The third kappa shape index (κ3) is 2.40. The van der Waals surface area contributed by atoms with Crippen LogP contribution >= 0.6 is 0 Å². The standard InChI is InChI=1S/C12H22N2O3/c1-11(2,3)17-10(16)14-5-9-4-13-6-12(9,7-14)8-15/h9,13,15H,4-8H2,1-3H3/t9-,12+/m1/s1. The molecule has 2 atom stereocenters. The number of rotatable bonds is 1. The topological polar surface area (TPSA) is 61.8 Å². The summed E-state index contributed by atoms with van der Waals surface area (Å²) in [5.74, 6) is 0.347. The largest absolute Gasteiger partial charge is 0.444 e. The van der Waals surface area contributed by atoms with Gasteiger partial charge in [-0.05, 0) is 26.7 Å². The third-order valence-electron chi connectivity index (χ3n) is 3.65. The Kier molecular flexibility index (Phi) is 3.08. The van der Waals surface area contributed by atoms with E-state index in [2.05, 4.69) is 5.32 Å². The van der Waals surface area contributed by atoms with Gasteiger partial charge in [-0.2, -0.15) is 0 Å². The zero-order valence-electron chi connectivity index (χ0n) is 10.8. The van der Waals surface area contributed by atoms with Crippen molar-refractivity contribution in [3.63, 3.8) is 0 Å². The number of nitrogens with zero attached hydrogens (tertiary/aromatic N) is 1. The minimum Gasteiger partial charge on any atom is -0.444 e. The predicted molar refractivity (Wildman–Crippen MR) is 63.7 cm³/mol. The van der Waals surface area contributed by atoms with Crippen molar-refractivity contribution in [1.29, 1.82) is 0 Å². The van der Waals surface area contributed by atoms with Crippen molar-refractivity contribution in [3.8, 4) is 0 Å². The SMILES string of the molecule is CC(C)(C)OC(=O)N1C[C@H]2CNC[C@@]2(CO)C1.